The maximum atomic E-state index is 15.0. The highest BCUT2D eigenvalue weighted by Crippen LogP contribution is 2.48. The van der Waals surface area contributed by atoms with Crippen LogP contribution in [-0.4, -0.2) is 16.1 Å². The van der Waals surface area contributed by atoms with E-state index < -0.39 is 5.97 Å². The van der Waals surface area contributed by atoms with Crippen LogP contribution in [-0.2, 0) is 11.2 Å². The van der Waals surface area contributed by atoms with Gasteiger partial charge in [0.15, 0.2) is 0 Å². The van der Waals surface area contributed by atoms with Crippen molar-refractivity contribution in [2.45, 2.75) is 31.3 Å². The van der Waals surface area contributed by atoms with Crippen molar-refractivity contribution < 1.29 is 19.0 Å². The third-order valence-corrected chi connectivity index (χ3v) is 6.93. The van der Waals surface area contributed by atoms with Gasteiger partial charge in [0, 0.05) is 28.9 Å². The van der Waals surface area contributed by atoms with Gasteiger partial charge in [0.1, 0.15) is 17.7 Å². The Morgan fingerprint density at radius 2 is 1.82 bits per heavy atom. The van der Waals surface area contributed by atoms with Gasteiger partial charge in [0.2, 0.25) is 0 Å². The number of aromatic nitrogens is 1. The normalized spacial score (nSPS) is 21.1. The molecule has 1 saturated carbocycles. The summed E-state index contributed by atoms with van der Waals surface area (Å²) in [4.78, 5) is 15.5. The van der Waals surface area contributed by atoms with E-state index in [9.17, 15) is 9.18 Å². The van der Waals surface area contributed by atoms with Crippen LogP contribution in [0.5, 0.6) is 5.75 Å². The number of carboxylic acid groups (broad SMARTS) is 1. The van der Waals surface area contributed by atoms with Crippen LogP contribution >= 0.6 is 0 Å². The van der Waals surface area contributed by atoms with E-state index in [0.717, 1.165) is 39.4 Å². The molecule has 33 heavy (non-hydrogen) atoms. The number of carboxylic acids is 1. The molecule has 1 N–H and O–H groups in total. The molecule has 6 rings (SSSR count). The molecular weight excluding hydrogens is 417 g/mol. The first-order chi connectivity index (χ1) is 16.1. The van der Waals surface area contributed by atoms with Crippen LogP contribution in [0.25, 0.3) is 21.9 Å². The Kier molecular flexibility index (Phi) is 4.64. The molecule has 0 spiro atoms. The Morgan fingerprint density at radius 3 is 2.61 bits per heavy atom. The maximum absolute atomic E-state index is 15.0. The summed E-state index contributed by atoms with van der Waals surface area (Å²) < 4.78 is 21.2. The summed E-state index contributed by atoms with van der Waals surface area (Å²) in [5.41, 5.74) is 4.63. The monoisotopic (exact) mass is 439 g/mol. The van der Waals surface area contributed by atoms with E-state index in [1.165, 1.54) is 6.07 Å². The van der Waals surface area contributed by atoms with E-state index in [1.807, 2.05) is 60.9 Å². The summed E-state index contributed by atoms with van der Waals surface area (Å²) in [6.45, 7) is 0. The van der Waals surface area contributed by atoms with E-state index in [0.29, 0.717) is 24.2 Å². The molecule has 1 aromatic heterocycles. The lowest BCUT2D eigenvalue weighted by Crippen LogP contribution is -2.06. The number of rotatable bonds is 5. The number of benzene rings is 3. The lowest BCUT2D eigenvalue weighted by molar-refractivity contribution is -0.138. The van der Waals surface area contributed by atoms with Crippen molar-refractivity contribution in [3.8, 4) is 16.9 Å². The minimum absolute atomic E-state index is 0.0815. The average Bonchev–Trinajstić information content (AvgIpc) is 3.54. The molecule has 164 valence electrons. The van der Waals surface area contributed by atoms with Crippen LogP contribution in [0.3, 0.4) is 0 Å². The fraction of sp³-hybridized carbons (Fsp3) is 0.214. The zero-order valence-corrected chi connectivity index (χ0v) is 17.9. The van der Waals surface area contributed by atoms with Crippen LogP contribution in [0.1, 0.15) is 41.6 Å². The van der Waals surface area contributed by atoms with Crippen LogP contribution in [0, 0.1) is 11.7 Å². The third-order valence-electron chi connectivity index (χ3n) is 6.93. The molecule has 1 fully saturated rings. The molecule has 0 amide bonds. The van der Waals surface area contributed by atoms with Crippen molar-refractivity contribution in [3.05, 3.63) is 95.6 Å². The molecule has 3 atom stereocenters. The molecule has 4 aromatic rings. The Balaban J connectivity index is 1.30. The number of fused-ring (bicyclic) bond motifs is 2. The van der Waals surface area contributed by atoms with E-state index >= 15 is 0 Å². The van der Waals surface area contributed by atoms with E-state index in [4.69, 9.17) is 9.84 Å². The summed E-state index contributed by atoms with van der Waals surface area (Å²) in [6, 6.07) is 19.0. The highest BCUT2D eigenvalue weighted by molar-refractivity contribution is 5.96. The third kappa shape index (κ3) is 3.44. The van der Waals surface area contributed by atoms with Crippen LogP contribution < -0.4 is 4.74 Å². The maximum Gasteiger partial charge on any atom is 0.307 e. The van der Waals surface area contributed by atoms with Crippen molar-refractivity contribution in [2.24, 2.45) is 5.92 Å². The molecule has 3 aromatic carbocycles. The second-order valence-electron chi connectivity index (χ2n) is 8.90. The van der Waals surface area contributed by atoms with Crippen molar-refractivity contribution in [2.75, 3.05) is 0 Å². The molecule has 4 nitrogen and oxygen atoms in total. The van der Waals surface area contributed by atoms with Gasteiger partial charge in [-0.25, -0.2) is 4.39 Å². The number of ether oxygens (including phenoxy) is 1. The Bertz CT molecular complexity index is 1380. The molecule has 2 aliphatic carbocycles. The van der Waals surface area contributed by atoms with Gasteiger partial charge in [-0.1, -0.05) is 42.5 Å². The van der Waals surface area contributed by atoms with Gasteiger partial charge in [-0.15, -0.1) is 0 Å². The van der Waals surface area contributed by atoms with Gasteiger partial charge in [0.25, 0.3) is 0 Å². The predicted octanol–water partition coefficient (Wildman–Crippen LogP) is 6.30. The lowest BCUT2D eigenvalue weighted by atomic mass is 9.94. The molecule has 2 aliphatic rings. The van der Waals surface area contributed by atoms with E-state index in [-0.39, 0.29) is 23.8 Å². The molecule has 5 heteroatoms. The summed E-state index contributed by atoms with van der Waals surface area (Å²) in [5, 5.41) is 11.3. The summed E-state index contributed by atoms with van der Waals surface area (Å²) >= 11 is 0. The van der Waals surface area contributed by atoms with Gasteiger partial charge in [-0.05, 0) is 65.5 Å². The highest BCUT2D eigenvalue weighted by atomic mass is 19.1. The van der Waals surface area contributed by atoms with E-state index in [1.54, 1.807) is 0 Å². The van der Waals surface area contributed by atoms with Gasteiger partial charge in [0.05, 0.1) is 5.92 Å². The summed E-state index contributed by atoms with van der Waals surface area (Å²) in [7, 11) is 0. The quantitative estimate of drug-likeness (QED) is 0.397. The first-order valence-electron chi connectivity index (χ1n) is 11.2. The number of hydrogen-bond acceptors (Lipinski definition) is 3. The highest BCUT2D eigenvalue weighted by Gasteiger charge is 2.44. The molecule has 0 radical (unpaired) electrons. The molecule has 0 bridgehead atoms. The second kappa shape index (κ2) is 7.69. The Morgan fingerprint density at radius 1 is 1.00 bits per heavy atom. The van der Waals surface area contributed by atoms with Crippen LogP contribution in [0.2, 0.25) is 0 Å². The molecule has 0 unspecified atom stereocenters. The van der Waals surface area contributed by atoms with Gasteiger partial charge >= 0.3 is 5.97 Å². The number of halogens is 1. The number of pyridine rings is 1. The Hall–Kier alpha value is -3.73. The van der Waals surface area contributed by atoms with Crippen molar-refractivity contribution >= 4 is 16.7 Å². The van der Waals surface area contributed by atoms with Gasteiger partial charge < -0.3 is 9.84 Å². The predicted molar refractivity (Wildman–Crippen MR) is 124 cm³/mol. The first kappa shape index (κ1) is 19.9. The fourth-order valence-electron chi connectivity index (χ4n) is 5.17. The first-order valence-corrected chi connectivity index (χ1v) is 11.2. The fourth-order valence-corrected chi connectivity index (χ4v) is 5.17. The lowest BCUT2D eigenvalue weighted by Gasteiger charge is -2.17. The van der Waals surface area contributed by atoms with Crippen molar-refractivity contribution in [1.29, 1.82) is 0 Å². The SMILES string of the molecule is O=C(O)[C@H]1C[C@@H]1c1ccc(O[C@@H]2CCc3c(-c4cncc5ccccc45)ccc(F)c32)cc1. The van der Waals surface area contributed by atoms with Gasteiger partial charge in [-0.2, -0.15) is 0 Å². The van der Waals surface area contributed by atoms with Crippen LogP contribution in [0.15, 0.2) is 73.1 Å². The standard InChI is InChI=1S/C28H22FNO3/c29-25-11-9-20(24-15-30-14-17-3-1-2-4-19(17)24)21-10-12-26(27(21)25)33-18-7-5-16(6-8-18)22-13-23(22)28(31)32/h1-9,11,14-15,22-23,26H,10,12-13H2,(H,31,32)/t22-,23+,26-/m1/s1. The number of aliphatic carboxylic acids is 1. The van der Waals surface area contributed by atoms with Crippen molar-refractivity contribution in [3.63, 3.8) is 0 Å². The van der Waals surface area contributed by atoms with E-state index in [2.05, 4.69) is 11.1 Å². The molecule has 0 aliphatic heterocycles. The minimum atomic E-state index is -0.740. The number of nitrogens with zero attached hydrogens (tertiary/aromatic N) is 1. The molecular formula is C28H22FNO3. The number of hydrogen-bond donors (Lipinski definition) is 1. The second-order valence-corrected chi connectivity index (χ2v) is 8.90. The average molecular weight is 439 g/mol. The topological polar surface area (TPSA) is 59.4 Å². The minimum Gasteiger partial charge on any atom is -0.486 e. The largest absolute Gasteiger partial charge is 0.486 e. The zero-order valence-electron chi connectivity index (χ0n) is 17.9. The summed E-state index contributed by atoms with van der Waals surface area (Å²) in [6.07, 6.45) is 5.46. The summed E-state index contributed by atoms with van der Waals surface area (Å²) in [5.74, 6) is -0.521. The smallest absolute Gasteiger partial charge is 0.307 e. The zero-order chi connectivity index (χ0) is 22.5. The number of carbonyl (C=O) groups is 1. The molecule has 1 heterocycles. The van der Waals surface area contributed by atoms with Crippen LogP contribution in [0.4, 0.5) is 4.39 Å². The van der Waals surface area contributed by atoms with Gasteiger partial charge in [-0.3, -0.25) is 9.78 Å². The Labute approximate surface area is 190 Å². The molecule has 0 saturated heterocycles. The van der Waals surface area contributed by atoms with Crippen molar-refractivity contribution in [1.82, 2.24) is 4.98 Å².